The molecule has 0 unspecified atom stereocenters. The average molecular weight is 480 g/mol. The lowest BCUT2D eigenvalue weighted by molar-refractivity contribution is 0.0634. The molecule has 4 heterocycles. The fourth-order valence-electron chi connectivity index (χ4n) is 2.75. The van der Waals surface area contributed by atoms with Crippen LogP contribution in [0, 0.1) is 13.8 Å². The molecule has 2 N–H and O–H groups in total. The number of rotatable bonds is 4. The molecule has 0 saturated carbocycles. The van der Waals surface area contributed by atoms with Crippen LogP contribution in [0.5, 0.6) is 0 Å². The number of hydrogen-bond acceptors (Lipinski definition) is 9. The van der Waals surface area contributed by atoms with Gasteiger partial charge in [-0.15, -0.1) is 0 Å². The molecular formula is C22H25N9O4. The molecule has 35 heavy (non-hydrogen) atoms. The summed E-state index contributed by atoms with van der Waals surface area (Å²) in [4.78, 5) is 38.0. The van der Waals surface area contributed by atoms with Crippen LogP contribution in [0.3, 0.4) is 0 Å². The Labute approximate surface area is 200 Å². The van der Waals surface area contributed by atoms with Gasteiger partial charge in [-0.2, -0.15) is 10.2 Å². The summed E-state index contributed by atoms with van der Waals surface area (Å²) >= 11 is 0. The van der Waals surface area contributed by atoms with Crippen molar-refractivity contribution in [1.29, 1.82) is 0 Å². The summed E-state index contributed by atoms with van der Waals surface area (Å²) < 4.78 is 8.24. The van der Waals surface area contributed by atoms with Crippen molar-refractivity contribution in [1.82, 2.24) is 39.5 Å². The first-order chi connectivity index (χ1) is 16.5. The topological polar surface area (TPSA) is 163 Å². The van der Waals surface area contributed by atoms with Crippen molar-refractivity contribution in [3.63, 3.8) is 0 Å². The third-order valence-corrected chi connectivity index (χ3v) is 4.29. The van der Waals surface area contributed by atoms with E-state index in [1.807, 2.05) is 20.8 Å². The van der Waals surface area contributed by atoms with Gasteiger partial charge in [-0.05, 0) is 34.6 Å². The van der Waals surface area contributed by atoms with Crippen LogP contribution < -0.4 is 5.32 Å². The lowest BCUT2D eigenvalue weighted by atomic mass is 10.2. The highest BCUT2D eigenvalue weighted by Gasteiger charge is 2.18. The van der Waals surface area contributed by atoms with Crippen molar-refractivity contribution in [2.24, 2.45) is 0 Å². The zero-order valence-electron chi connectivity index (χ0n) is 19.9. The van der Waals surface area contributed by atoms with E-state index in [9.17, 15) is 9.59 Å². The van der Waals surface area contributed by atoms with Gasteiger partial charge < -0.3 is 9.84 Å². The minimum atomic E-state index is -0.990. The standard InChI is InChI=1S/C13H17N5O2.C9H8N4O2/c1-9-11(16-12(19)20-13(2,3)4)7-18(17-9)10-5-14-8-15-6-10;1-6-8(9(14)15)4-13(12-6)7-2-10-5-11-3-7/h5-8H,1-4H3,(H,16,19);2-5H,1H3,(H,14,15). The van der Waals surface area contributed by atoms with Crippen molar-refractivity contribution >= 4 is 17.7 Å². The van der Waals surface area contributed by atoms with E-state index in [2.05, 4.69) is 35.5 Å². The van der Waals surface area contributed by atoms with Crippen LogP contribution in [0.4, 0.5) is 10.5 Å². The number of carboxylic acids is 1. The van der Waals surface area contributed by atoms with Gasteiger partial charge in [-0.1, -0.05) is 0 Å². The molecule has 0 atom stereocenters. The second-order valence-corrected chi connectivity index (χ2v) is 8.27. The molecule has 0 aliphatic carbocycles. The number of carbonyl (C=O) groups is 2. The van der Waals surface area contributed by atoms with Crippen LogP contribution in [-0.4, -0.2) is 62.3 Å². The number of anilines is 1. The van der Waals surface area contributed by atoms with Crippen molar-refractivity contribution in [2.75, 3.05) is 5.32 Å². The van der Waals surface area contributed by atoms with Gasteiger partial charge in [0.05, 0.1) is 48.1 Å². The van der Waals surface area contributed by atoms with Crippen molar-refractivity contribution < 1.29 is 19.4 Å². The summed E-state index contributed by atoms with van der Waals surface area (Å²) in [6, 6.07) is 0. The second-order valence-electron chi connectivity index (χ2n) is 8.27. The monoisotopic (exact) mass is 479 g/mol. The fraction of sp³-hybridized carbons (Fsp3) is 0.273. The Morgan fingerprint density at radius 2 is 1.34 bits per heavy atom. The number of amides is 1. The van der Waals surface area contributed by atoms with Gasteiger partial charge in [0.15, 0.2) is 0 Å². The number of nitrogens with zero attached hydrogens (tertiary/aromatic N) is 8. The molecule has 0 aromatic carbocycles. The normalized spacial score (nSPS) is 10.8. The largest absolute Gasteiger partial charge is 0.478 e. The van der Waals surface area contributed by atoms with E-state index in [0.29, 0.717) is 28.5 Å². The van der Waals surface area contributed by atoms with Gasteiger partial charge in [-0.25, -0.2) is 38.9 Å². The number of nitrogens with one attached hydrogen (secondary N) is 1. The smallest absolute Gasteiger partial charge is 0.412 e. The third-order valence-electron chi connectivity index (χ3n) is 4.29. The maximum atomic E-state index is 11.7. The number of aromatic carboxylic acids is 1. The molecule has 4 aromatic rings. The van der Waals surface area contributed by atoms with Crippen LogP contribution in [0.15, 0.2) is 49.8 Å². The van der Waals surface area contributed by atoms with Crippen molar-refractivity contribution in [2.45, 2.75) is 40.2 Å². The summed E-state index contributed by atoms with van der Waals surface area (Å²) in [6.45, 7) is 8.87. The van der Waals surface area contributed by atoms with E-state index in [1.54, 1.807) is 49.5 Å². The number of carboxylic acid groups (broad SMARTS) is 1. The number of ether oxygens (including phenoxy) is 1. The number of aromatic nitrogens is 8. The van der Waals surface area contributed by atoms with Gasteiger partial charge in [0, 0.05) is 6.20 Å². The molecule has 13 heteroatoms. The predicted octanol–water partition coefficient (Wildman–Crippen LogP) is 2.99. The molecular weight excluding hydrogens is 454 g/mol. The summed E-state index contributed by atoms with van der Waals surface area (Å²) in [5, 5.41) is 19.9. The lowest BCUT2D eigenvalue weighted by Gasteiger charge is -2.19. The molecule has 4 aromatic heterocycles. The Morgan fingerprint density at radius 1 is 0.857 bits per heavy atom. The fourth-order valence-corrected chi connectivity index (χ4v) is 2.75. The molecule has 182 valence electrons. The maximum absolute atomic E-state index is 11.7. The summed E-state index contributed by atoms with van der Waals surface area (Å²) in [5.74, 6) is -0.990. The van der Waals surface area contributed by atoms with Crippen LogP contribution in [0.1, 0.15) is 42.5 Å². The van der Waals surface area contributed by atoms with Crippen LogP contribution in [0.2, 0.25) is 0 Å². The molecule has 13 nitrogen and oxygen atoms in total. The molecule has 0 spiro atoms. The van der Waals surface area contributed by atoms with E-state index < -0.39 is 17.7 Å². The summed E-state index contributed by atoms with van der Waals surface area (Å²) in [7, 11) is 0. The van der Waals surface area contributed by atoms with E-state index >= 15 is 0 Å². The van der Waals surface area contributed by atoms with Crippen LogP contribution in [-0.2, 0) is 4.74 Å². The number of hydrogen-bond donors (Lipinski definition) is 2. The molecule has 0 saturated heterocycles. The maximum Gasteiger partial charge on any atom is 0.412 e. The van der Waals surface area contributed by atoms with Gasteiger partial charge in [0.25, 0.3) is 0 Å². The average Bonchev–Trinajstić information content (AvgIpc) is 3.37. The lowest BCUT2D eigenvalue weighted by Crippen LogP contribution is -2.27. The summed E-state index contributed by atoms with van der Waals surface area (Å²) in [6.07, 6.45) is 11.9. The molecule has 0 aliphatic rings. The first-order valence-electron chi connectivity index (χ1n) is 10.4. The molecule has 0 bridgehead atoms. The van der Waals surface area contributed by atoms with Gasteiger partial charge >= 0.3 is 12.1 Å². The van der Waals surface area contributed by atoms with Gasteiger partial charge in [0.1, 0.15) is 35.2 Å². The highest BCUT2D eigenvalue weighted by atomic mass is 16.6. The zero-order valence-corrected chi connectivity index (χ0v) is 19.9. The predicted molar refractivity (Wildman–Crippen MR) is 125 cm³/mol. The van der Waals surface area contributed by atoms with Gasteiger partial charge in [-0.3, -0.25) is 5.32 Å². The van der Waals surface area contributed by atoms with E-state index in [0.717, 1.165) is 0 Å². The Kier molecular flexibility index (Phi) is 7.49. The highest BCUT2D eigenvalue weighted by molar-refractivity contribution is 5.88. The first-order valence-corrected chi connectivity index (χ1v) is 10.4. The quantitative estimate of drug-likeness (QED) is 0.445. The number of aryl methyl sites for hydroxylation is 2. The third kappa shape index (κ3) is 6.90. The zero-order chi connectivity index (χ0) is 25.6. The summed E-state index contributed by atoms with van der Waals surface area (Å²) in [5.41, 5.74) is 2.72. The molecule has 4 rings (SSSR count). The number of carbonyl (C=O) groups excluding carboxylic acids is 1. The minimum Gasteiger partial charge on any atom is -0.478 e. The first kappa shape index (κ1) is 25.0. The van der Waals surface area contributed by atoms with Crippen LogP contribution in [0.25, 0.3) is 11.4 Å². The molecule has 0 aliphatic heterocycles. The van der Waals surface area contributed by atoms with E-state index in [-0.39, 0.29) is 5.56 Å². The molecule has 0 radical (unpaired) electrons. The van der Waals surface area contributed by atoms with Crippen molar-refractivity contribution in [3.8, 4) is 11.4 Å². The Bertz CT molecular complexity index is 1300. The highest BCUT2D eigenvalue weighted by Crippen LogP contribution is 2.17. The van der Waals surface area contributed by atoms with Crippen LogP contribution >= 0.6 is 0 Å². The Morgan fingerprint density at radius 3 is 1.80 bits per heavy atom. The van der Waals surface area contributed by atoms with E-state index in [4.69, 9.17) is 9.84 Å². The minimum absolute atomic E-state index is 0.179. The van der Waals surface area contributed by atoms with E-state index in [1.165, 1.54) is 23.5 Å². The van der Waals surface area contributed by atoms with Crippen molar-refractivity contribution in [3.05, 3.63) is 66.8 Å². The molecule has 0 fully saturated rings. The second kappa shape index (κ2) is 10.5. The van der Waals surface area contributed by atoms with Gasteiger partial charge in [0.2, 0.25) is 0 Å². The molecule has 1 amide bonds. The Hall–Kier alpha value is -4.68. The Balaban J connectivity index is 0.000000203. The SMILES string of the molecule is Cc1nn(-c2cncnc2)cc1C(=O)O.Cc1nn(-c2cncnc2)cc1NC(=O)OC(C)(C)C.